The lowest BCUT2D eigenvalue weighted by atomic mass is 10.1. The average Bonchev–Trinajstić information content (AvgIpc) is 2.65. The van der Waals surface area contributed by atoms with Crippen molar-refractivity contribution in [1.29, 1.82) is 0 Å². The second kappa shape index (κ2) is 12.3. The highest BCUT2D eigenvalue weighted by atomic mass is 35.5. The Morgan fingerprint density at radius 3 is 2.44 bits per heavy atom. The lowest BCUT2D eigenvalue weighted by Crippen LogP contribution is -2.16. The van der Waals surface area contributed by atoms with Crippen molar-refractivity contribution in [2.45, 2.75) is 59.9 Å². The van der Waals surface area contributed by atoms with Gasteiger partial charge in [0.15, 0.2) is 0 Å². The summed E-state index contributed by atoms with van der Waals surface area (Å²) < 4.78 is 0. The predicted molar refractivity (Wildman–Crippen MR) is 119 cm³/mol. The van der Waals surface area contributed by atoms with E-state index in [2.05, 4.69) is 29.4 Å². The van der Waals surface area contributed by atoms with Gasteiger partial charge in [0, 0.05) is 16.9 Å². The summed E-state index contributed by atoms with van der Waals surface area (Å²) in [4.78, 5) is 17.0. The van der Waals surface area contributed by atoms with Crippen LogP contribution in [0.5, 0.6) is 0 Å². The maximum atomic E-state index is 12.5. The fraction of sp³-hybridized carbons (Fsp3) is 0.391. The van der Waals surface area contributed by atoms with Crippen LogP contribution in [-0.4, -0.2) is 18.2 Å². The van der Waals surface area contributed by atoms with Gasteiger partial charge in [-0.05, 0) is 63.8 Å². The summed E-state index contributed by atoms with van der Waals surface area (Å²) in [5.74, 6) is -0.172. The first-order chi connectivity index (χ1) is 12.9. The van der Waals surface area contributed by atoms with Crippen molar-refractivity contribution in [3.63, 3.8) is 0 Å². The zero-order valence-electron chi connectivity index (χ0n) is 17.1. The molecule has 0 saturated heterocycles. The zero-order chi connectivity index (χ0) is 20.2. The molecule has 0 aliphatic carbocycles. The molecule has 1 unspecified atom stereocenters. The van der Waals surface area contributed by atoms with Crippen molar-refractivity contribution in [3.05, 3.63) is 64.2 Å². The van der Waals surface area contributed by atoms with E-state index in [1.165, 1.54) is 18.4 Å². The summed E-state index contributed by atoms with van der Waals surface area (Å²) in [6.07, 6.45) is 10.7. The van der Waals surface area contributed by atoms with Crippen LogP contribution in [0.25, 0.3) is 0 Å². The summed E-state index contributed by atoms with van der Waals surface area (Å²) in [5, 5.41) is 3.63. The maximum absolute atomic E-state index is 12.5. The van der Waals surface area contributed by atoms with Crippen molar-refractivity contribution < 1.29 is 4.79 Å². The number of hydrogen-bond acceptors (Lipinski definition) is 2. The molecule has 4 heteroatoms. The van der Waals surface area contributed by atoms with E-state index in [1.807, 2.05) is 52.0 Å². The summed E-state index contributed by atoms with van der Waals surface area (Å²) in [6, 6.07) is 7.89. The van der Waals surface area contributed by atoms with Crippen molar-refractivity contribution in [1.82, 2.24) is 0 Å². The highest BCUT2D eigenvalue weighted by molar-refractivity contribution is 6.29. The number of carbonyl (C=O) groups excluding carboxylic acids is 1. The molecular formula is C23H31ClN2O. The van der Waals surface area contributed by atoms with Crippen LogP contribution in [0.2, 0.25) is 0 Å². The van der Waals surface area contributed by atoms with Crippen molar-refractivity contribution in [2.75, 3.05) is 5.32 Å². The Labute approximate surface area is 168 Å². The molecule has 0 bridgehead atoms. The minimum Gasteiger partial charge on any atom is -0.322 e. The standard InChI is InChI=1S/C23H31ClN2O/c1-6-9-11-19-12-14-21(15-13-19)26-23(27)20(8-3)16-25-18(5)22(10-7-2)17(4)24/h7-8,10,12-16,18H,6,9,11H2,1-5H3,(H,26,27)/b10-7-,20-8+,22-17-,25-16?. The fourth-order valence-electron chi connectivity index (χ4n) is 2.60. The van der Waals surface area contributed by atoms with Gasteiger partial charge < -0.3 is 5.32 Å². The van der Waals surface area contributed by atoms with Gasteiger partial charge in [-0.1, -0.05) is 55.3 Å². The number of aryl methyl sites for hydroxylation is 1. The van der Waals surface area contributed by atoms with Crippen molar-refractivity contribution >= 4 is 29.4 Å². The number of carbonyl (C=O) groups is 1. The van der Waals surface area contributed by atoms with Gasteiger partial charge in [0.05, 0.1) is 11.6 Å². The molecule has 1 atom stereocenters. The number of allylic oxidation sites excluding steroid dienone is 3. The number of nitrogens with one attached hydrogen (secondary N) is 1. The second-order valence-electron chi connectivity index (χ2n) is 6.44. The number of unbranched alkanes of at least 4 members (excludes halogenated alkanes) is 1. The number of anilines is 1. The molecule has 0 spiro atoms. The van der Waals surface area contributed by atoms with E-state index in [1.54, 1.807) is 12.3 Å². The van der Waals surface area contributed by atoms with Crippen LogP contribution >= 0.6 is 11.6 Å². The third kappa shape index (κ3) is 7.96. The lowest BCUT2D eigenvalue weighted by molar-refractivity contribution is -0.112. The Hall–Kier alpha value is -2.13. The molecule has 3 nitrogen and oxygen atoms in total. The maximum Gasteiger partial charge on any atom is 0.256 e. The molecule has 1 aromatic carbocycles. The lowest BCUT2D eigenvalue weighted by Gasteiger charge is -2.10. The van der Waals surface area contributed by atoms with Crippen LogP contribution in [0.15, 0.2) is 63.7 Å². The molecule has 27 heavy (non-hydrogen) atoms. The van der Waals surface area contributed by atoms with Gasteiger partial charge >= 0.3 is 0 Å². The molecule has 0 radical (unpaired) electrons. The van der Waals surface area contributed by atoms with Gasteiger partial charge in [0.2, 0.25) is 0 Å². The summed E-state index contributed by atoms with van der Waals surface area (Å²) in [5.41, 5.74) is 3.53. The van der Waals surface area contributed by atoms with Crippen LogP contribution in [0, 0.1) is 0 Å². The third-order valence-electron chi connectivity index (χ3n) is 4.24. The van der Waals surface area contributed by atoms with Crippen LogP contribution < -0.4 is 5.32 Å². The highest BCUT2D eigenvalue weighted by Crippen LogP contribution is 2.17. The normalized spacial score (nSPS) is 14.5. The molecule has 1 amide bonds. The zero-order valence-corrected chi connectivity index (χ0v) is 17.8. The molecule has 146 valence electrons. The number of nitrogens with zero attached hydrogens (tertiary/aromatic N) is 1. The largest absolute Gasteiger partial charge is 0.322 e. The van der Waals surface area contributed by atoms with Gasteiger partial charge in [0.1, 0.15) is 0 Å². The van der Waals surface area contributed by atoms with Gasteiger partial charge in [-0.3, -0.25) is 9.79 Å². The van der Waals surface area contributed by atoms with Crippen molar-refractivity contribution in [3.8, 4) is 0 Å². The number of hydrogen-bond donors (Lipinski definition) is 1. The average molecular weight is 387 g/mol. The quantitative estimate of drug-likeness (QED) is 0.295. The van der Waals surface area contributed by atoms with E-state index in [-0.39, 0.29) is 11.9 Å². The van der Waals surface area contributed by atoms with Gasteiger partial charge in [0.25, 0.3) is 5.91 Å². The third-order valence-corrected chi connectivity index (χ3v) is 4.45. The summed E-state index contributed by atoms with van der Waals surface area (Å²) >= 11 is 6.14. The predicted octanol–water partition coefficient (Wildman–Crippen LogP) is 6.46. The van der Waals surface area contributed by atoms with Crippen LogP contribution in [0.4, 0.5) is 5.69 Å². The Balaban J connectivity index is 2.78. The number of aliphatic imine (C=N–C) groups is 1. The minimum absolute atomic E-state index is 0.126. The van der Waals surface area contributed by atoms with Gasteiger partial charge in [-0.15, -0.1) is 0 Å². The van der Waals surface area contributed by atoms with Crippen LogP contribution in [0.3, 0.4) is 0 Å². The second-order valence-corrected chi connectivity index (χ2v) is 7.01. The molecule has 1 aromatic rings. The molecule has 0 heterocycles. The molecule has 0 fully saturated rings. The molecule has 0 aliphatic heterocycles. The van der Waals surface area contributed by atoms with E-state index in [4.69, 9.17) is 11.6 Å². The van der Waals surface area contributed by atoms with Gasteiger partial charge in [-0.2, -0.15) is 0 Å². The molecule has 0 saturated carbocycles. The number of amides is 1. The molecule has 1 rings (SSSR count). The number of halogens is 1. The van der Waals surface area contributed by atoms with Crippen LogP contribution in [-0.2, 0) is 11.2 Å². The molecule has 1 N–H and O–H groups in total. The monoisotopic (exact) mass is 386 g/mol. The first kappa shape index (κ1) is 22.9. The topological polar surface area (TPSA) is 41.5 Å². The SMILES string of the molecule is C/C=C\C(=C(/C)Cl)C(C)N=C/C(=C\C)C(=O)Nc1ccc(CCCC)cc1. The summed E-state index contributed by atoms with van der Waals surface area (Å²) in [7, 11) is 0. The molecule has 0 aromatic heterocycles. The minimum atomic E-state index is -0.172. The van der Waals surface area contributed by atoms with E-state index >= 15 is 0 Å². The molecular weight excluding hydrogens is 356 g/mol. The van der Waals surface area contributed by atoms with Crippen LogP contribution in [0.1, 0.15) is 53.0 Å². The summed E-state index contributed by atoms with van der Waals surface area (Å²) in [6.45, 7) is 9.75. The number of benzene rings is 1. The number of rotatable bonds is 9. The Bertz CT molecular complexity index is 723. The first-order valence-corrected chi connectivity index (χ1v) is 9.89. The van der Waals surface area contributed by atoms with E-state index in [0.717, 1.165) is 17.7 Å². The highest BCUT2D eigenvalue weighted by Gasteiger charge is 2.10. The smallest absolute Gasteiger partial charge is 0.256 e. The molecule has 0 aliphatic rings. The fourth-order valence-corrected chi connectivity index (χ4v) is 2.82. The first-order valence-electron chi connectivity index (χ1n) is 9.51. The van der Waals surface area contributed by atoms with E-state index in [9.17, 15) is 4.79 Å². The van der Waals surface area contributed by atoms with E-state index < -0.39 is 0 Å². The van der Waals surface area contributed by atoms with Crippen molar-refractivity contribution in [2.24, 2.45) is 4.99 Å². The van der Waals surface area contributed by atoms with Gasteiger partial charge in [-0.25, -0.2) is 0 Å². The van der Waals surface area contributed by atoms with E-state index in [0.29, 0.717) is 10.6 Å². The Morgan fingerprint density at radius 1 is 1.26 bits per heavy atom. The Kier molecular flexibility index (Phi) is 10.4. The Morgan fingerprint density at radius 2 is 1.93 bits per heavy atom.